The largest absolute Gasteiger partial charge is 0.282 e. The maximum absolute atomic E-state index is 11.5. The lowest BCUT2D eigenvalue weighted by atomic mass is 9.90. The molecule has 0 heterocycles. The summed E-state index contributed by atoms with van der Waals surface area (Å²) in [6, 6.07) is 17.8. The van der Waals surface area contributed by atoms with Gasteiger partial charge in [-0.05, 0) is 11.1 Å². The molecule has 1 atom stereocenters. The first kappa shape index (κ1) is 11.9. The summed E-state index contributed by atoms with van der Waals surface area (Å²) in [7, 11) is 0. The zero-order valence-electron chi connectivity index (χ0n) is 9.63. The first-order chi connectivity index (χ1) is 8.20. The van der Waals surface area contributed by atoms with E-state index in [2.05, 4.69) is 31.7 Å². The molecule has 1 unspecified atom stereocenters. The van der Waals surface area contributed by atoms with Crippen molar-refractivity contribution in [3.05, 3.63) is 71.3 Å². The van der Waals surface area contributed by atoms with E-state index >= 15 is 0 Å². The summed E-state index contributed by atoms with van der Waals surface area (Å²) < 4.78 is 0. The Hall–Kier alpha value is -1.54. The molecule has 0 N–H and O–H groups in total. The van der Waals surface area contributed by atoms with E-state index in [0.717, 1.165) is 5.56 Å². The number of carbonyl (C=O) groups is 1. The summed E-state index contributed by atoms with van der Waals surface area (Å²) in [6.07, 6.45) is 0. The second-order valence-corrected chi connectivity index (χ2v) is 4.43. The van der Waals surface area contributed by atoms with Gasteiger partial charge in [0.2, 0.25) is 5.12 Å². The lowest BCUT2D eigenvalue weighted by Gasteiger charge is -2.15. The quantitative estimate of drug-likeness (QED) is 0.808. The molecular formula is C15H14OS. The molecule has 0 aromatic heterocycles. The average Bonchev–Trinajstić information content (AvgIpc) is 2.39. The predicted octanol–water partition coefficient (Wildman–Crippen LogP) is 3.91. The van der Waals surface area contributed by atoms with Crippen molar-refractivity contribution in [1.29, 1.82) is 0 Å². The van der Waals surface area contributed by atoms with Crippen LogP contribution >= 0.6 is 12.6 Å². The smallest absolute Gasteiger partial charge is 0.216 e. The molecule has 0 radical (unpaired) electrons. The SMILES string of the molecule is CC(c1ccccc1)c1ccccc1C(=O)S. The molecule has 0 amide bonds. The molecule has 1 nitrogen and oxygen atoms in total. The molecule has 0 aliphatic heterocycles. The Morgan fingerprint density at radius 3 is 2.24 bits per heavy atom. The number of carbonyl (C=O) groups excluding carboxylic acids is 1. The van der Waals surface area contributed by atoms with Crippen LogP contribution in [0.1, 0.15) is 34.3 Å². The van der Waals surface area contributed by atoms with Crippen LogP contribution in [0.2, 0.25) is 0 Å². The van der Waals surface area contributed by atoms with E-state index in [1.807, 2.05) is 42.5 Å². The van der Waals surface area contributed by atoms with Crippen LogP contribution in [0, 0.1) is 0 Å². The lowest BCUT2D eigenvalue weighted by molar-refractivity contribution is 0.109. The third-order valence-electron chi connectivity index (χ3n) is 2.96. The van der Waals surface area contributed by atoms with Gasteiger partial charge >= 0.3 is 0 Å². The van der Waals surface area contributed by atoms with Gasteiger partial charge in [-0.1, -0.05) is 61.5 Å². The first-order valence-corrected chi connectivity index (χ1v) is 6.02. The average molecular weight is 242 g/mol. The van der Waals surface area contributed by atoms with Gasteiger partial charge in [0.1, 0.15) is 0 Å². The Kier molecular flexibility index (Phi) is 3.64. The predicted molar refractivity (Wildman–Crippen MR) is 73.7 cm³/mol. The third kappa shape index (κ3) is 2.59. The zero-order valence-corrected chi connectivity index (χ0v) is 10.5. The summed E-state index contributed by atoms with van der Waals surface area (Å²) in [6.45, 7) is 2.10. The molecule has 2 rings (SSSR count). The third-order valence-corrected chi connectivity index (χ3v) is 3.20. The number of thiol groups is 1. The first-order valence-electron chi connectivity index (χ1n) is 5.57. The number of benzene rings is 2. The van der Waals surface area contributed by atoms with Crippen LogP contribution in [-0.4, -0.2) is 5.12 Å². The van der Waals surface area contributed by atoms with Crippen LogP contribution in [-0.2, 0) is 0 Å². The molecule has 0 bridgehead atoms. The van der Waals surface area contributed by atoms with E-state index < -0.39 is 0 Å². The lowest BCUT2D eigenvalue weighted by Crippen LogP contribution is -2.03. The molecule has 0 aliphatic carbocycles. The van der Waals surface area contributed by atoms with Gasteiger partial charge in [-0.25, -0.2) is 0 Å². The summed E-state index contributed by atoms with van der Waals surface area (Å²) in [5.41, 5.74) is 2.92. The minimum atomic E-state index is -0.177. The number of hydrogen-bond acceptors (Lipinski definition) is 1. The van der Waals surface area contributed by atoms with Gasteiger partial charge in [0, 0.05) is 11.5 Å². The van der Waals surface area contributed by atoms with Crippen molar-refractivity contribution in [2.75, 3.05) is 0 Å². The molecule has 2 aromatic carbocycles. The van der Waals surface area contributed by atoms with Crippen LogP contribution in [0.25, 0.3) is 0 Å². The van der Waals surface area contributed by atoms with E-state index in [9.17, 15) is 4.79 Å². The second kappa shape index (κ2) is 5.19. The van der Waals surface area contributed by atoms with Crippen molar-refractivity contribution in [3.8, 4) is 0 Å². The fourth-order valence-electron chi connectivity index (χ4n) is 1.99. The summed E-state index contributed by atoms with van der Waals surface area (Å²) >= 11 is 3.93. The van der Waals surface area contributed by atoms with Crippen molar-refractivity contribution in [2.24, 2.45) is 0 Å². The molecular weight excluding hydrogens is 228 g/mol. The fourth-order valence-corrected chi connectivity index (χ4v) is 2.19. The van der Waals surface area contributed by atoms with Crippen LogP contribution in [0.5, 0.6) is 0 Å². The number of rotatable bonds is 3. The normalized spacial score (nSPS) is 12.1. The molecule has 0 fully saturated rings. The second-order valence-electron chi connectivity index (χ2n) is 4.02. The van der Waals surface area contributed by atoms with Crippen molar-refractivity contribution in [2.45, 2.75) is 12.8 Å². The van der Waals surface area contributed by atoms with E-state index in [-0.39, 0.29) is 11.0 Å². The van der Waals surface area contributed by atoms with Gasteiger partial charge in [0.05, 0.1) is 0 Å². The minimum absolute atomic E-state index is 0.177. The number of hydrogen-bond donors (Lipinski definition) is 1. The van der Waals surface area contributed by atoms with Crippen molar-refractivity contribution >= 4 is 17.7 Å². The highest BCUT2D eigenvalue weighted by Crippen LogP contribution is 2.27. The summed E-state index contributed by atoms with van der Waals surface area (Å²) in [5, 5.41) is -0.177. The maximum atomic E-state index is 11.5. The van der Waals surface area contributed by atoms with E-state index in [0.29, 0.717) is 5.56 Å². The maximum Gasteiger partial charge on any atom is 0.216 e. The van der Waals surface area contributed by atoms with Crippen molar-refractivity contribution < 1.29 is 4.79 Å². The standard InChI is InChI=1S/C15H14OS/c1-11(12-7-3-2-4-8-12)13-9-5-6-10-14(13)15(16)17/h2-11H,1H3,(H,16,17). The molecule has 0 saturated heterocycles. The fraction of sp³-hybridized carbons (Fsp3) is 0.133. The van der Waals surface area contributed by atoms with Gasteiger partial charge in [0.15, 0.2) is 0 Å². The highest BCUT2D eigenvalue weighted by molar-refractivity contribution is 7.97. The Morgan fingerprint density at radius 1 is 1.00 bits per heavy atom. The Labute approximate surface area is 107 Å². The molecule has 0 saturated carbocycles. The molecule has 2 aromatic rings. The zero-order chi connectivity index (χ0) is 12.3. The summed E-state index contributed by atoms with van der Waals surface area (Å²) in [4.78, 5) is 11.5. The van der Waals surface area contributed by atoms with Crippen molar-refractivity contribution in [1.82, 2.24) is 0 Å². The van der Waals surface area contributed by atoms with Gasteiger partial charge in [0.25, 0.3) is 0 Å². The van der Waals surface area contributed by atoms with Gasteiger partial charge in [-0.3, -0.25) is 4.79 Å². The molecule has 86 valence electrons. The minimum Gasteiger partial charge on any atom is -0.282 e. The van der Waals surface area contributed by atoms with Crippen LogP contribution in [0.15, 0.2) is 54.6 Å². The van der Waals surface area contributed by atoms with Crippen molar-refractivity contribution in [3.63, 3.8) is 0 Å². The van der Waals surface area contributed by atoms with Gasteiger partial charge in [-0.15, -0.1) is 12.6 Å². The van der Waals surface area contributed by atoms with Crippen LogP contribution in [0.3, 0.4) is 0 Å². The summed E-state index contributed by atoms with van der Waals surface area (Å²) in [5.74, 6) is 0.198. The van der Waals surface area contributed by atoms with Gasteiger partial charge in [-0.2, -0.15) is 0 Å². The highest BCUT2D eigenvalue weighted by Gasteiger charge is 2.14. The highest BCUT2D eigenvalue weighted by atomic mass is 32.1. The molecule has 17 heavy (non-hydrogen) atoms. The Balaban J connectivity index is 2.44. The Bertz CT molecular complexity index is 519. The van der Waals surface area contributed by atoms with E-state index in [4.69, 9.17) is 0 Å². The molecule has 2 heteroatoms. The monoisotopic (exact) mass is 242 g/mol. The topological polar surface area (TPSA) is 17.1 Å². The molecule has 0 aliphatic rings. The Morgan fingerprint density at radius 2 is 1.59 bits per heavy atom. The van der Waals surface area contributed by atoms with E-state index in [1.54, 1.807) is 0 Å². The van der Waals surface area contributed by atoms with E-state index in [1.165, 1.54) is 5.56 Å². The van der Waals surface area contributed by atoms with Gasteiger partial charge < -0.3 is 0 Å². The van der Waals surface area contributed by atoms with Crippen LogP contribution in [0.4, 0.5) is 0 Å². The molecule has 0 spiro atoms. The van der Waals surface area contributed by atoms with Crippen LogP contribution < -0.4 is 0 Å².